The molecule has 0 amide bonds. The van der Waals surface area contributed by atoms with Crippen molar-refractivity contribution < 1.29 is 23.2 Å². The van der Waals surface area contributed by atoms with Crippen molar-refractivity contribution in [2.45, 2.75) is 26.6 Å². The fourth-order valence-corrected chi connectivity index (χ4v) is 3.55. The van der Waals surface area contributed by atoms with Crippen LogP contribution in [0.1, 0.15) is 24.5 Å². The second kappa shape index (κ2) is 8.80. The summed E-state index contributed by atoms with van der Waals surface area (Å²) in [6.07, 6.45) is 2.13. The van der Waals surface area contributed by atoms with Crippen LogP contribution in [0.25, 0.3) is 5.70 Å². The first-order valence-corrected chi connectivity index (χ1v) is 9.97. The molecule has 0 bridgehead atoms. The maximum Gasteiger partial charge on any atom is 0.434 e. The van der Waals surface area contributed by atoms with Crippen molar-refractivity contribution in [3.8, 4) is 5.75 Å². The van der Waals surface area contributed by atoms with E-state index in [1.807, 2.05) is 19.2 Å². The molecule has 2 aromatic rings. The number of rotatable bonds is 6. The standard InChI is InChI=1S/C20H19F3N4O2S/c1-3-25-12(2)15-8-13(4-5-16(15)24)27-7-6-14(9-19(27)28)29-10-18-26-17(11-30-18)20(21,22)23/h4-9,11,24-25H,3,10H2,1-2H3/p+1/b15-12-,24-16?. The number of thiazole rings is 1. The van der Waals surface area contributed by atoms with Gasteiger partial charge in [-0.25, -0.2) is 4.98 Å². The zero-order chi connectivity index (χ0) is 21.9. The van der Waals surface area contributed by atoms with Crippen molar-refractivity contribution in [2.75, 3.05) is 6.54 Å². The summed E-state index contributed by atoms with van der Waals surface area (Å²) < 4.78 is 44.7. The molecule has 0 aliphatic heterocycles. The molecule has 2 aromatic heterocycles. The maximum absolute atomic E-state index is 12.6. The average molecular weight is 437 g/mol. The van der Waals surface area contributed by atoms with Gasteiger partial charge in [0.2, 0.25) is 0 Å². The molecule has 3 rings (SSSR count). The van der Waals surface area contributed by atoms with Gasteiger partial charge in [-0.15, -0.1) is 11.3 Å². The van der Waals surface area contributed by atoms with Crippen molar-refractivity contribution in [3.05, 3.63) is 74.3 Å². The van der Waals surface area contributed by atoms with Crippen LogP contribution in [-0.2, 0) is 12.8 Å². The summed E-state index contributed by atoms with van der Waals surface area (Å²) in [5, 5.41) is 11.2. The van der Waals surface area contributed by atoms with E-state index < -0.39 is 11.9 Å². The Morgan fingerprint density at radius 2 is 2.13 bits per heavy atom. The molecule has 10 heteroatoms. The first kappa shape index (κ1) is 21.7. The summed E-state index contributed by atoms with van der Waals surface area (Å²) >= 11 is 0.847. The number of hydrogen-bond acceptors (Lipinski definition) is 5. The molecule has 30 heavy (non-hydrogen) atoms. The number of nitrogens with one attached hydrogen (secondary N) is 1. The Morgan fingerprint density at radius 3 is 2.77 bits per heavy atom. The molecular weight excluding hydrogens is 417 g/mol. The van der Waals surface area contributed by atoms with Crippen molar-refractivity contribution in [3.63, 3.8) is 0 Å². The predicted octanol–water partition coefficient (Wildman–Crippen LogP) is 3.19. The van der Waals surface area contributed by atoms with E-state index in [9.17, 15) is 18.0 Å². The normalized spacial score (nSPS) is 15.9. The van der Waals surface area contributed by atoms with Gasteiger partial charge in [-0.2, -0.15) is 13.2 Å². The molecule has 0 radical (unpaired) electrons. The Morgan fingerprint density at radius 1 is 1.37 bits per heavy atom. The van der Waals surface area contributed by atoms with E-state index in [0.29, 0.717) is 11.4 Å². The molecule has 1 aliphatic carbocycles. The summed E-state index contributed by atoms with van der Waals surface area (Å²) in [6, 6.07) is 2.82. The number of quaternary nitrogens is 1. The molecule has 0 aromatic carbocycles. The van der Waals surface area contributed by atoms with Gasteiger partial charge in [0.15, 0.2) is 5.69 Å². The monoisotopic (exact) mass is 437 g/mol. The smallest absolute Gasteiger partial charge is 0.434 e. The maximum atomic E-state index is 12.6. The number of alkyl halides is 3. The van der Waals surface area contributed by atoms with Crippen LogP contribution < -0.4 is 15.6 Å². The fourth-order valence-electron chi connectivity index (χ4n) is 2.84. The van der Waals surface area contributed by atoms with E-state index in [4.69, 9.17) is 10.1 Å². The highest BCUT2D eigenvalue weighted by molar-refractivity contribution is 7.09. The number of aromatic nitrogens is 2. The summed E-state index contributed by atoms with van der Waals surface area (Å²) in [5.74, 6) is 0.236. The molecule has 0 spiro atoms. The Hall–Kier alpha value is -2.98. The van der Waals surface area contributed by atoms with Crippen LogP contribution >= 0.6 is 11.3 Å². The third kappa shape index (κ3) is 4.95. The number of nitrogens with two attached hydrogens (primary N) is 1. The van der Waals surface area contributed by atoms with Gasteiger partial charge in [0.25, 0.3) is 5.56 Å². The molecular formula is C20H20F3N4O2S+. The molecule has 0 saturated carbocycles. The molecule has 0 fully saturated rings. The van der Waals surface area contributed by atoms with Crippen LogP contribution in [0.3, 0.4) is 0 Å². The van der Waals surface area contributed by atoms with Crippen LogP contribution in [0.15, 0.2) is 58.0 Å². The third-order valence-electron chi connectivity index (χ3n) is 4.31. The Balaban J connectivity index is 1.77. The average Bonchev–Trinajstić information content (AvgIpc) is 3.17. The largest absolute Gasteiger partial charge is 0.486 e. The Labute approximate surface area is 174 Å². The minimum Gasteiger partial charge on any atom is -0.486 e. The Kier molecular flexibility index (Phi) is 6.37. The second-order valence-corrected chi connectivity index (χ2v) is 7.45. The lowest BCUT2D eigenvalue weighted by molar-refractivity contribution is -0.603. The van der Waals surface area contributed by atoms with E-state index in [1.165, 1.54) is 16.8 Å². The summed E-state index contributed by atoms with van der Waals surface area (Å²) in [4.78, 5) is 16.0. The molecule has 6 nitrogen and oxygen atoms in total. The molecule has 3 N–H and O–H groups in total. The lowest BCUT2D eigenvalue weighted by Crippen LogP contribution is -2.81. The van der Waals surface area contributed by atoms with Gasteiger partial charge in [-0.3, -0.25) is 9.36 Å². The summed E-state index contributed by atoms with van der Waals surface area (Å²) in [6.45, 7) is 4.60. The minimum absolute atomic E-state index is 0.164. The number of pyridine rings is 1. The SMILES string of the molecule is CC[NH2+]/C(C)=C1/C=C(n2ccc(OCc3nc(C(F)(F)F)cs3)cc2=O)C=CC1=N. The topological polar surface area (TPSA) is 84.6 Å². The van der Waals surface area contributed by atoms with Gasteiger partial charge in [0.1, 0.15) is 23.1 Å². The van der Waals surface area contributed by atoms with Crippen molar-refractivity contribution in [1.82, 2.24) is 9.55 Å². The van der Waals surface area contributed by atoms with Crippen LogP contribution in [0.4, 0.5) is 13.2 Å². The second-order valence-electron chi connectivity index (χ2n) is 6.51. The quantitative estimate of drug-likeness (QED) is 0.728. The zero-order valence-corrected chi connectivity index (χ0v) is 17.1. The van der Waals surface area contributed by atoms with Gasteiger partial charge in [0, 0.05) is 30.3 Å². The molecule has 1 aliphatic rings. The van der Waals surface area contributed by atoms with Gasteiger partial charge in [-0.1, -0.05) is 0 Å². The lowest BCUT2D eigenvalue weighted by atomic mass is 10.0. The van der Waals surface area contributed by atoms with E-state index in [1.54, 1.807) is 24.3 Å². The molecule has 2 heterocycles. The number of halogens is 3. The first-order valence-electron chi connectivity index (χ1n) is 9.09. The highest BCUT2D eigenvalue weighted by atomic mass is 32.1. The fraction of sp³-hybridized carbons (Fsp3) is 0.250. The van der Waals surface area contributed by atoms with E-state index in [2.05, 4.69) is 4.98 Å². The molecule has 0 unspecified atom stereocenters. The van der Waals surface area contributed by atoms with Gasteiger partial charge in [0.05, 0.1) is 17.8 Å². The summed E-state index contributed by atoms with van der Waals surface area (Å²) in [5.41, 5.74) is 1.36. The van der Waals surface area contributed by atoms with Crippen molar-refractivity contribution in [1.29, 1.82) is 5.41 Å². The first-order chi connectivity index (χ1) is 14.2. The lowest BCUT2D eigenvalue weighted by Gasteiger charge is -2.14. The van der Waals surface area contributed by atoms with Crippen LogP contribution in [-0.4, -0.2) is 21.8 Å². The van der Waals surface area contributed by atoms with Crippen LogP contribution in [0, 0.1) is 5.41 Å². The highest BCUT2D eigenvalue weighted by Crippen LogP contribution is 2.30. The number of ether oxygens (including phenoxy) is 1. The van der Waals surface area contributed by atoms with Crippen LogP contribution in [0.2, 0.25) is 0 Å². The molecule has 0 atom stereocenters. The van der Waals surface area contributed by atoms with Crippen molar-refractivity contribution in [2.24, 2.45) is 0 Å². The molecule has 0 saturated heterocycles. The number of allylic oxidation sites excluding steroid dienone is 6. The van der Waals surface area contributed by atoms with Crippen molar-refractivity contribution >= 4 is 22.7 Å². The highest BCUT2D eigenvalue weighted by Gasteiger charge is 2.33. The number of nitrogens with zero attached hydrogens (tertiary/aromatic N) is 2. The third-order valence-corrected chi connectivity index (χ3v) is 5.13. The van der Waals surface area contributed by atoms with Crippen LogP contribution in [0.5, 0.6) is 5.75 Å². The van der Waals surface area contributed by atoms with E-state index in [0.717, 1.165) is 34.5 Å². The van der Waals surface area contributed by atoms with Gasteiger partial charge < -0.3 is 15.5 Å². The minimum atomic E-state index is -4.49. The summed E-state index contributed by atoms with van der Waals surface area (Å²) in [7, 11) is 0. The Bertz CT molecular complexity index is 1110. The zero-order valence-electron chi connectivity index (χ0n) is 16.3. The van der Waals surface area contributed by atoms with Gasteiger partial charge in [-0.05, 0) is 31.2 Å². The van der Waals surface area contributed by atoms with Gasteiger partial charge >= 0.3 is 6.18 Å². The number of hydrogen-bond donors (Lipinski definition) is 2. The van der Waals surface area contributed by atoms with E-state index >= 15 is 0 Å². The molecule has 158 valence electrons. The predicted molar refractivity (Wildman–Crippen MR) is 108 cm³/mol. The van der Waals surface area contributed by atoms with E-state index in [-0.39, 0.29) is 22.9 Å².